The smallest absolute Gasteiger partial charge is 0.328 e. The van der Waals surface area contributed by atoms with E-state index in [0.717, 1.165) is 37.4 Å². The number of hydrogen-bond donors (Lipinski definition) is 3. The van der Waals surface area contributed by atoms with E-state index in [1.54, 1.807) is 12.1 Å². The Morgan fingerprint density at radius 2 is 1.76 bits per heavy atom. The number of hydrogen-bond acceptors (Lipinski definition) is 5. The molecule has 1 atom stereocenters. The summed E-state index contributed by atoms with van der Waals surface area (Å²) in [5, 5.41) is 12.3. The van der Waals surface area contributed by atoms with Crippen molar-refractivity contribution in [3.05, 3.63) is 60.2 Å². The van der Waals surface area contributed by atoms with E-state index in [1.807, 2.05) is 42.5 Å². The zero-order chi connectivity index (χ0) is 20.6. The van der Waals surface area contributed by atoms with Crippen LogP contribution in [0.1, 0.15) is 5.56 Å². The van der Waals surface area contributed by atoms with Crippen LogP contribution in [0.2, 0.25) is 0 Å². The second-order valence-corrected chi connectivity index (χ2v) is 7.26. The van der Waals surface area contributed by atoms with E-state index >= 15 is 0 Å². The molecule has 3 N–H and O–H groups in total. The number of carbonyl (C=O) groups is 2. The van der Waals surface area contributed by atoms with Crippen LogP contribution in [-0.2, 0) is 20.7 Å². The zero-order valence-corrected chi connectivity index (χ0v) is 16.6. The number of rotatable bonds is 7. The van der Waals surface area contributed by atoms with Gasteiger partial charge in [-0.2, -0.15) is 0 Å². The second-order valence-electron chi connectivity index (χ2n) is 7.26. The van der Waals surface area contributed by atoms with Gasteiger partial charge in [0, 0.05) is 12.1 Å². The van der Waals surface area contributed by atoms with Gasteiger partial charge in [0.2, 0.25) is 0 Å². The van der Waals surface area contributed by atoms with Gasteiger partial charge in [-0.05, 0) is 29.8 Å². The van der Waals surface area contributed by atoms with Gasteiger partial charge < -0.3 is 25.0 Å². The molecule has 1 aliphatic heterocycles. The molecule has 0 bridgehead atoms. The Hall–Kier alpha value is -3.06. The van der Waals surface area contributed by atoms with E-state index in [2.05, 4.69) is 10.2 Å². The van der Waals surface area contributed by atoms with Crippen molar-refractivity contribution in [3.8, 4) is 5.75 Å². The molecule has 2 aromatic rings. The maximum absolute atomic E-state index is 12.5. The number of phenolic OH excluding ortho intramolecular Hbond substituents is 1. The molecule has 1 heterocycles. The van der Waals surface area contributed by atoms with Crippen LogP contribution in [0.25, 0.3) is 0 Å². The number of phenols is 1. The van der Waals surface area contributed by atoms with Gasteiger partial charge in [0.1, 0.15) is 11.8 Å². The first-order valence-corrected chi connectivity index (χ1v) is 9.84. The van der Waals surface area contributed by atoms with E-state index in [0.29, 0.717) is 13.0 Å². The summed E-state index contributed by atoms with van der Waals surface area (Å²) in [4.78, 5) is 28.1. The first-order valence-electron chi connectivity index (χ1n) is 9.84. The van der Waals surface area contributed by atoms with Crippen LogP contribution < -0.4 is 15.1 Å². The predicted octanol–water partition coefficient (Wildman–Crippen LogP) is -0.00240. The first kappa shape index (κ1) is 20.7. The van der Waals surface area contributed by atoms with Crippen LogP contribution >= 0.6 is 0 Å². The SMILES string of the molecule is COC(=O)[C@H](Cc1ccccc1)NC(=O)C[NH+]1CCN(c2ccc(O)cc2)CC1. The minimum atomic E-state index is -0.687. The normalized spacial score (nSPS) is 15.6. The lowest BCUT2D eigenvalue weighted by Gasteiger charge is -2.33. The van der Waals surface area contributed by atoms with Crippen molar-refractivity contribution in [2.24, 2.45) is 0 Å². The summed E-state index contributed by atoms with van der Waals surface area (Å²) in [6.07, 6.45) is 0.406. The summed E-state index contributed by atoms with van der Waals surface area (Å²) < 4.78 is 4.86. The average Bonchev–Trinajstić information content (AvgIpc) is 2.74. The Balaban J connectivity index is 1.50. The number of aromatic hydroxyl groups is 1. The summed E-state index contributed by atoms with van der Waals surface area (Å²) in [5.74, 6) is -0.330. The highest BCUT2D eigenvalue weighted by atomic mass is 16.5. The minimum absolute atomic E-state index is 0.149. The first-order chi connectivity index (χ1) is 14.0. The van der Waals surface area contributed by atoms with Gasteiger partial charge in [0.05, 0.1) is 33.3 Å². The fraction of sp³-hybridized carbons (Fsp3) is 0.364. The number of carbonyl (C=O) groups excluding carboxylic acids is 2. The Morgan fingerprint density at radius 1 is 1.10 bits per heavy atom. The van der Waals surface area contributed by atoms with Crippen molar-refractivity contribution in [1.82, 2.24) is 5.32 Å². The number of amides is 1. The van der Waals surface area contributed by atoms with Gasteiger partial charge in [-0.1, -0.05) is 30.3 Å². The Morgan fingerprint density at radius 3 is 2.38 bits per heavy atom. The molecule has 7 heteroatoms. The lowest BCUT2D eigenvalue weighted by Crippen LogP contribution is -3.16. The molecule has 29 heavy (non-hydrogen) atoms. The predicted molar refractivity (Wildman–Crippen MR) is 110 cm³/mol. The van der Waals surface area contributed by atoms with E-state index in [-0.39, 0.29) is 11.7 Å². The number of piperazine rings is 1. The van der Waals surface area contributed by atoms with Crippen LogP contribution in [0.3, 0.4) is 0 Å². The molecule has 7 nitrogen and oxygen atoms in total. The Labute approximate surface area is 170 Å². The van der Waals surface area contributed by atoms with Crippen molar-refractivity contribution < 1.29 is 24.3 Å². The maximum Gasteiger partial charge on any atom is 0.328 e. The maximum atomic E-state index is 12.5. The highest BCUT2D eigenvalue weighted by Gasteiger charge is 2.26. The molecule has 0 saturated carbocycles. The lowest BCUT2D eigenvalue weighted by atomic mass is 10.1. The average molecular weight is 398 g/mol. The van der Waals surface area contributed by atoms with E-state index in [4.69, 9.17) is 4.74 Å². The summed E-state index contributed by atoms with van der Waals surface area (Å²) >= 11 is 0. The van der Waals surface area contributed by atoms with Crippen LogP contribution in [0.4, 0.5) is 5.69 Å². The highest BCUT2D eigenvalue weighted by Crippen LogP contribution is 2.18. The third-order valence-corrected chi connectivity index (χ3v) is 5.20. The van der Waals surface area contributed by atoms with Crippen LogP contribution in [-0.4, -0.2) is 62.9 Å². The number of quaternary nitrogens is 1. The lowest BCUT2D eigenvalue weighted by molar-refractivity contribution is -0.892. The van der Waals surface area contributed by atoms with E-state index in [1.165, 1.54) is 12.0 Å². The van der Waals surface area contributed by atoms with Crippen molar-refractivity contribution >= 4 is 17.6 Å². The number of anilines is 1. The molecule has 1 aliphatic rings. The number of methoxy groups -OCH3 is 1. The number of benzene rings is 2. The second kappa shape index (κ2) is 9.93. The third kappa shape index (κ3) is 5.96. The third-order valence-electron chi connectivity index (χ3n) is 5.20. The largest absolute Gasteiger partial charge is 0.508 e. The van der Waals surface area contributed by atoms with Gasteiger partial charge in [-0.3, -0.25) is 4.79 Å². The number of nitrogens with zero attached hydrogens (tertiary/aromatic N) is 1. The van der Waals surface area contributed by atoms with Crippen LogP contribution in [0.15, 0.2) is 54.6 Å². The van der Waals surface area contributed by atoms with Gasteiger partial charge in [0.25, 0.3) is 5.91 Å². The molecular weight excluding hydrogens is 370 g/mol. The van der Waals surface area contributed by atoms with E-state index in [9.17, 15) is 14.7 Å². The number of esters is 1. The van der Waals surface area contributed by atoms with E-state index < -0.39 is 12.0 Å². The molecule has 0 radical (unpaired) electrons. The zero-order valence-electron chi connectivity index (χ0n) is 16.6. The number of nitrogens with one attached hydrogen (secondary N) is 2. The topological polar surface area (TPSA) is 83.3 Å². The fourth-order valence-corrected chi connectivity index (χ4v) is 3.58. The molecule has 2 aromatic carbocycles. The standard InChI is InChI=1S/C22H27N3O4/c1-29-22(28)20(15-17-5-3-2-4-6-17)23-21(27)16-24-11-13-25(14-12-24)18-7-9-19(26)10-8-18/h2-10,20,26H,11-16H2,1H3,(H,23,27)/p+1/t20-/m0/s1. The molecule has 154 valence electrons. The van der Waals surface area contributed by atoms with Crippen LogP contribution in [0.5, 0.6) is 5.75 Å². The van der Waals surface area contributed by atoms with Crippen molar-refractivity contribution in [3.63, 3.8) is 0 Å². The van der Waals surface area contributed by atoms with Crippen molar-refractivity contribution in [2.75, 3.05) is 44.7 Å². The molecule has 0 spiro atoms. The highest BCUT2D eigenvalue weighted by molar-refractivity contribution is 5.85. The molecule has 3 rings (SSSR count). The Bertz CT molecular complexity index is 803. The fourth-order valence-electron chi connectivity index (χ4n) is 3.58. The monoisotopic (exact) mass is 398 g/mol. The van der Waals surface area contributed by atoms with Crippen molar-refractivity contribution in [2.45, 2.75) is 12.5 Å². The summed E-state index contributed by atoms with van der Waals surface area (Å²) in [6.45, 7) is 3.65. The van der Waals surface area contributed by atoms with Crippen LogP contribution in [0, 0.1) is 0 Å². The molecule has 1 saturated heterocycles. The molecule has 0 unspecified atom stereocenters. The molecule has 1 amide bonds. The van der Waals surface area contributed by atoms with Crippen molar-refractivity contribution in [1.29, 1.82) is 0 Å². The summed E-state index contributed by atoms with van der Waals surface area (Å²) in [7, 11) is 1.33. The minimum Gasteiger partial charge on any atom is -0.508 e. The summed E-state index contributed by atoms with van der Waals surface area (Å²) in [6, 6.07) is 16.1. The molecule has 0 aliphatic carbocycles. The quantitative estimate of drug-likeness (QED) is 0.572. The van der Waals surface area contributed by atoms with Gasteiger partial charge in [-0.25, -0.2) is 4.79 Å². The molecule has 0 aromatic heterocycles. The van der Waals surface area contributed by atoms with Gasteiger partial charge >= 0.3 is 5.97 Å². The Kier molecular flexibility index (Phi) is 7.08. The molecule has 1 fully saturated rings. The molecular formula is C22H28N3O4+. The van der Waals surface area contributed by atoms with Gasteiger partial charge in [-0.15, -0.1) is 0 Å². The van der Waals surface area contributed by atoms with Gasteiger partial charge in [0.15, 0.2) is 6.54 Å². The number of ether oxygens (including phenoxy) is 1. The summed E-state index contributed by atoms with van der Waals surface area (Å²) in [5.41, 5.74) is 2.04.